The minimum atomic E-state index is -3.49. The lowest BCUT2D eigenvalue weighted by molar-refractivity contribution is -0.384. The van der Waals surface area contributed by atoms with E-state index in [2.05, 4.69) is 9.62 Å². The third-order valence-corrected chi connectivity index (χ3v) is 6.84. The molecular formula is C20H24ClN3O4S. The van der Waals surface area contributed by atoms with Gasteiger partial charge in [0.2, 0.25) is 10.0 Å². The molecule has 1 heterocycles. The van der Waals surface area contributed by atoms with E-state index in [0.29, 0.717) is 18.0 Å². The first-order chi connectivity index (χ1) is 13.8. The highest BCUT2D eigenvalue weighted by Crippen LogP contribution is 2.22. The first-order valence-electron chi connectivity index (χ1n) is 9.49. The number of non-ortho nitro benzene ring substituents is 1. The number of hydrogen-bond donors (Lipinski definition) is 1. The van der Waals surface area contributed by atoms with E-state index in [0.717, 1.165) is 43.1 Å². The van der Waals surface area contributed by atoms with Crippen molar-refractivity contribution in [2.24, 2.45) is 5.92 Å². The Labute approximate surface area is 175 Å². The van der Waals surface area contributed by atoms with Gasteiger partial charge in [-0.05, 0) is 49.0 Å². The first-order valence-corrected chi connectivity index (χ1v) is 11.5. The standard InChI is InChI=1S/C20H24ClN3O4S/c21-20-4-2-1-3-18(20)14-23-11-9-16(10-12-23)13-22-29(27,28)15-17-5-7-19(8-6-17)24(25)26/h1-8,16,22H,9-15H2. The lowest BCUT2D eigenvalue weighted by Crippen LogP contribution is -2.38. The predicted molar refractivity (Wildman–Crippen MR) is 113 cm³/mol. The number of benzene rings is 2. The zero-order valence-electron chi connectivity index (χ0n) is 16.0. The highest BCUT2D eigenvalue weighted by Gasteiger charge is 2.22. The van der Waals surface area contributed by atoms with Crippen molar-refractivity contribution in [3.8, 4) is 0 Å². The van der Waals surface area contributed by atoms with Gasteiger partial charge < -0.3 is 0 Å². The van der Waals surface area contributed by atoms with E-state index in [-0.39, 0.29) is 11.4 Å². The van der Waals surface area contributed by atoms with Gasteiger partial charge in [-0.3, -0.25) is 15.0 Å². The SMILES string of the molecule is O=[N+]([O-])c1ccc(CS(=O)(=O)NCC2CCN(Cc3ccccc3Cl)CC2)cc1. The Morgan fingerprint density at radius 2 is 1.76 bits per heavy atom. The normalized spacial score (nSPS) is 16.0. The minimum Gasteiger partial charge on any atom is -0.299 e. The number of likely N-dealkylation sites (tertiary alicyclic amines) is 1. The fraction of sp³-hybridized carbons (Fsp3) is 0.400. The van der Waals surface area contributed by atoms with Crippen molar-refractivity contribution < 1.29 is 13.3 Å². The van der Waals surface area contributed by atoms with Crippen LogP contribution in [0.15, 0.2) is 48.5 Å². The van der Waals surface area contributed by atoms with Gasteiger partial charge in [-0.25, -0.2) is 13.1 Å². The predicted octanol–water partition coefficient (Wildman–Crippen LogP) is 3.58. The Balaban J connectivity index is 1.44. The maximum Gasteiger partial charge on any atom is 0.269 e. The fourth-order valence-electron chi connectivity index (χ4n) is 3.45. The summed E-state index contributed by atoms with van der Waals surface area (Å²) in [6.07, 6.45) is 1.84. The molecule has 7 nitrogen and oxygen atoms in total. The molecular weight excluding hydrogens is 414 g/mol. The van der Waals surface area contributed by atoms with Crippen LogP contribution in [0.5, 0.6) is 0 Å². The van der Waals surface area contributed by atoms with Gasteiger partial charge in [0, 0.05) is 30.2 Å². The highest BCUT2D eigenvalue weighted by molar-refractivity contribution is 7.88. The lowest BCUT2D eigenvalue weighted by atomic mass is 9.97. The molecule has 0 amide bonds. The van der Waals surface area contributed by atoms with Gasteiger partial charge in [0.15, 0.2) is 0 Å². The van der Waals surface area contributed by atoms with Crippen LogP contribution in [-0.4, -0.2) is 37.9 Å². The van der Waals surface area contributed by atoms with Crippen molar-refractivity contribution in [1.82, 2.24) is 9.62 Å². The van der Waals surface area contributed by atoms with Gasteiger partial charge in [-0.2, -0.15) is 0 Å². The van der Waals surface area contributed by atoms with Crippen LogP contribution < -0.4 is 4.72 Å². The third kappa shape index (κ3) is 6.50. The molecule has 0 unspecified atom stereocenters. The first kappa shape index (κ1) is 21.7. The van der Waals surface area contributed by atoms with E-state index in [9.17, 15) is 18.5 Å². The maximum atomic E-state index is 12.3. The average molecular weight is 438 g/mol. The minimum absolute atomic E-state index is 0.0531. The summed E-state index contributed by atoms with van der Waals surface area (Å²) >= 11 is 6.23. The Bertz CT molecular complexity index is 942. The molecule has 0 saturated carbocycles. The molecule has 0 spiro atoms. The number of nitro groups is 1. The number of halogens is 1. The Morgan fingerprint density at radius 3 is 2.38 bits per heavy atom. The zero-order chi connectivity index (χ0) is 20.9. The van der Waals surface area contributed by atoms with Crippen LogP contribution in [0.25, 0.3) is 0 Å². The topological polar surface area (TPSA) is 92.5 Å². The average Bonchev–Trinajstić information content (AvgIpc) is 2.69. The highest BCUT2D eigenvalue weighted by atomic mass is 35.5. The summed E-state index contributed by atoms with van der Waals surface area (Å²) in [5.41, 5.74) is 1.58. The molecule has 2 aromatic rings. The van der Waals surface area contributed by atoms with Crippen LogP contribution in [0.4, 0.5) is 5.69 Å². The molecule has 1 fully saturated rings. The number of rotatable bonds is 8. The second kappa shape index (κ2) is 9.67. The van der Waals surface area contributed by atoms with Crippen LogP contribution >= 0.6 is 11.6 Å². The second-order valence-corrected chi connectivity index (χ2v) is 9.56. The summed E-state index contributed by atoms with van der Waals surface area (Å²) in [4.78, 5) is 12.5. The van der Waals surface area contributed by atoms with E-state index in [1.165, 1.54) is 24.3 Å². The summed E-state index contributed by atoms with van der Waals surface area (Å²) in [7, 11) is -3.49. The van der Waals surface area contributed by atoms with Crippen molar-refractivity contribution in [2.45, 2.75) is 25.1 Å². The molecule has 9 heteroatoms. The third-order valence-electron chi connectivity index (χ3n) is 5.15. The molecule has 3 rings (SSSR count). The van der Waals surface area contributed by atoms with Crippen molar-refractivity contribution >= 4 is 27.3 Å². The molecule has 1 saturated heterocycles. The molecule has 156 valence electrons. The van der Waals surface area contributed by atoms with Crippen molar-refractivity contribution in [2.75, 3.05) is 19.6 Å². The molecule has 1 aliphatic rings. The van der Waals surface area contributed by atoms with E-state index in [4.69, 9.17) is 11.6 Å². The number of nitrogens with one attached hydrogen (secondary N) is 1. The van der Waals surface area contributed by atoms with Crippen molar-refractivity contribution in [1.29, 1.82) is 0 Å². The zero-order valence-corrected chi connectivity index (χ0v) is 17.5. The number of sulfonamides is 1. The number of piperidine rings is 1. The van der Waals surface area contributed by atoms with Crippen LogP contribution in [0.3, 0.4) is 0 Å². The summed E-state index contributed by atoms with van der Waals surface area (Å²) in [5, 5.41) is 11.5. The molecule has 29 heavy (non-hydrogen) atoms. The molecule has 2 aromatic carbocycles. The van der Waals surface area contributed by atoms with Crippen molar-refractivity contribution in [3.05, 3.63) is 74.8 Å². The van der Waals surface area contributed by atoms with E-state index >= 15 is 0 Å². The quantitative estimate of drug-likeness (QED) is 0.503. The van der Waals surface area contributed by atoms with Crippen molar-refractivity contribution in [3.63, 3.8) is 0 Å². The Hall–Kier alpha value is -2.00. The van der Waals surface area contributed by atoms with E-state index in [1.54, 1.807) is 0 Å². The molecule has 1 aliphatic heterocycles. The number of nitrogens with zero attached hydrogens (tertiary/aromatic N) is 2. The molecule has 1 N–H and O–H groups in total. The molecule has 0 aromatic heterocycles. The number of hydrogen-bond acceptors (Lipinski definition) is 5. The van der Waals surface area contributed by atoms with E-state index in [1.807, 2.05) is 24.3 Å². The smallest absolute Gasteiger partial charge is 0.269 e. The van der Waals surface area contributed by atoms with Crippen LogP contribution in [0.2, 0.25) is 5.02 Å². The number of nitro benzene ring substituents is 1. The largest absolute Gasteiger partial charge is 0.299 e. The monoisotopic (exact) mass is 437 g/mol. The van der Waals surface area contributed by atoms with Crippen LogP contribution in [0.1, 0.15) is 24.0 Å². The Kier molecular flexibility index (Phi) is 7.23. The summed E-state index contributed by atoms with van der Waals surface area (Å²) in [6.45, 7) is 3.02. The fourth-order valence-corrected chi connectivity index (χ4v) is 4.86. The van der Waals surface area contributed by atoms with Gasteiger partial charge in [0.25, 0.3) is 5.69 Å². The maximum absolute atomic E-state index is 12.3. The second-order valence-electron chi connectivity index (χ2n) is 7.34. The van der Waals surface area contributed by atoms with Gasteiger partial charge in [0.05, 0.1) is 10.7 Å². The van der Waals surface area contributed by atoms with Gasteiger partial charge in [-0.15, -0.1) is 0 Å². The van der Waals surface area contributed by atoms with Gasteiger partial charge >= 0.3 is 0 Å². The molecule has 0 bridgehead atoms. The lowest BCUT2D eigenvalue weighted by Gasteiger charge is -2.32. The summed E-state index contributed by atoms with van der Waals surface area (Å²) < 4.78 is 27.4. The summed E-state index contributed by atoms with van der Waals surface area (Å²) in [6, 6.07) is 13.4. The van der Waals surface area contributed by atoms with Crippen LogP contribution in [-0.2, 0) is 22.3 Å². The summed E-state index contributed by atoms with van der Waals surface area (Å²) in [5.74, 6) is 0.111. The Morgan fingerprint density at radius 1 is 1.10 bits per heavy atom. The van der Waals surface area contributed by atoms with Crippen LogP contribution in [0, 0.1) is 16.0 Å². The van der Waals surface area contributed by atoms with E-state index < -0.39 is 14.9 Å². The van der Waals surface area contributed by atoms with Gasteiger partial charge in [-0.1, -0.05) is 41.9 Å². The molecule has 0 radical (unpaired) electrons. The molecule has 0 aliphatic carbocycles. The molecule has 0 atom stereocenters. The van der Waals surface area contributed by atoms with Gasteiger partial charge in [0.1, 0.15) is 0 Å².